The minimum absolute atomic E-state index is 0.135. The van der Waals surface area contributed by atoms with Crippen LogP contribution in [0.25, 0.3) is 0 Å². The lowest BCUT2D eigenvalue weighted by atomic mass is 9.93. The van der Waals surface area contributed by atoms with E-state index in [-0.39, 0.29) is 18.1 Å². The van der Waals surface area contributed by atoms with Gasteiger partial charge in [-0.1, -0.05) is 34.1 Å². The minimum Gasteiger partial charge on any atom is -0.465 e. The highest BCUT2D eigenvalue weighted by molar-refractivity contribution is 5.70. The highest BCUT2D eigenvalue weighted by Gasteiger charge is 2.27. The van der Waals surface area contributed by atoms with Gasteiger partial charge in [-0.3, -0.25) is 4.79 Å². The van der Waals surface area contributed by atoms with Gasteiger partial charge in [0, 0.05) is 13.2 Å². The maximum absolute atomic E-state index is 11.7. The molecule has 18 heavy (non-hydrogen) atoms. The van der Waals surface area contributed by atoms with Gasteiger partial charge in [0.25, 0.3) is 0 Å². The molecule has 0 spiro atoms. The first-order valence-corrected chi connectivity index (χ1v) is 6.81. The fraction of sp³-hybridized carbons (Fsp3) is 0.929. The standard InChI is InChI=1S/C14H29NO3/c1-7-11(4)14(15-5)12(17-6)8-13(16)18-9-10(2)3/h10-12,14-15H,7-9H2,1-6H3. The molecule has 4 heteroatoms. The number of esters is 1. The van der Waals surface area contributed by atoms with E-state index in [9.17, 15) is 4.79 Å². The van der Waals surface area contributed by atoms with Gasteiger partial charge in [-0.15, -0.1) is 0 Å². The Hall–Kier alpha value is -0.610. The zero-order chi connectivity index (χ0) is 14.1. The molecule has 0 saturated carbocycles. The molecule has 3 atom stereocenters. The number of hydrogen-bond donors (Lipinski definition) is 1. The molecule has 0 fully saturated rings. The van der Waals surface area contributed by atoms with Crippen LogP contribution in [0.15, 0.2) is 0 Å². The molecule has 0 aromatic heterocycles. The highest BCUT2D eigenvalue weighted by Crippen LogP contribution is 2.16. The van der Waals surface area contributed by atoms with E-state index in [0.29, 0.717) is 24.9 Å². The lowest BCUT2D eigenvalue weighted by Gasteiger charge is -2.29. The molecular weight excluding hydrogens is 230 g/mol. The van der Waals surface area contributed by atoms with Gasteiger partial charge in [0.15, 0.2) is 0 Å². The van der Waals surface area contributed by atoms with Crippen LogP contribution in [0.3, 0.4) is 0 Å². The van der Waals surface area contributed by atoms with Gasteiger partial charge in [0.2, 0.25) is 0 Å². The van der Waals surface area contributed by atoms with Crippen molar-refractivity contribution in [1.29, 1.82) is 0 Å². The molecule has 4 nitrogen and oxygen atoms in total. The van der Waals surface area contributed by atoms with Crippen molar-refractivity contribution in [3.05, 3.63) is 0 Å². The van der Waals surface area contributed by atoms with Crippen LogP contribution >= 0.6 is 0 Å². The number of methoxy groups -OCH3 is 1. The Bertz CT molecular complexity index is 231. The van der Waals surface area contributed by atoms with E-state index in [2.05, 4.69) is 19.2 Å². The molecule has 0 aliphatic heterocycles. The summed E-state index contributed by atoms with van der Waals surface area (Å²) in [5.41, 5.74) is 0. The average molecular weight is 259 g/mol. The molecule has 0 saturated heterocycles. The SMILES string of the molecule is CCC(C)C(NC)C(CC(=O)OCC(C)C)OC. The Morgan fingerprint density at radius 1 is 1.28 bits per heavy atom. The molecular formula is C14H29NO3. The molecule has 0 aliphatic rings. The van der Waals surface area contributed by atoms with Crippen LogP contribution < -0.4 is 5.32 Å². The molecule has 1 N–H and O–H groups in total. The van der Waals surface area contributed by atoms with Crippen LogP contribution in [0.1, 0.15) is 40.5 Å². The van der Waals surface area contributed by atoms with E-state index >= 15 is 0 Å². The molecule has 0 aromatic carbocycles. The summed E-state index contributed by atoms with van der Waals surface area (Å²) in [6, 6.07) is 0.173. The van der Waals surface area contributed by atoms with Crippen molar-refractivity contribution < 1.29 is 14.3 Å². The van der Waals surface area contributed by atoms with Crippen LogP contribution in [0, 0.1) is 11.8 Å². The Kier molecular flexibility index (Phi) is 9.02. The van der Waals surface area contributed by atoms with Crippen LogP contribution in [-0.4, -0.2) is 38.9 Å². The van der Waals surface area contributed by atoms with E-state index in [1.807, 2.05) is 20.9 Å². The van der Waals surface area contributed by atoms with Crippen molar-refractivity contribution in [3.63, 3.8) is 0 Å². The van der Waals surface area contributed by atoms with Gasteiger partial charge < -0.3 is 14.8 Å². The maximum atomic E-state index is 11.7. The van der Waals surface area contributed by atoms with Crippen LogP contribution in [-0.2, 0) is 14.3 Å². The second-order valence-electron chi connectivity index (χ2n) is 5.26. The summed E-state index contributed by atoms with van der Waals surface area (Å²) in [5.74, 6) is 0.640. The van der Waals surface area contributed by atoms with Crippen molar-refractivity contribution in [2.45, 2.75) is 52.7 Å². The zero-order valence-electron chi connectivity index (χ0n) is 12.7. The summed E-state index contributed by atoms with van der Waals surface area (Å²) in [6.45, 7) is 8.82. The molecule has 108 valence electrons. The van der Waals surface area contributed by atoms with E-state index < -0.39 is 0 Å². The number of nitrogens with one attached hydrogen (secondary N) is 1. The first-order chi connectivity index (χ1) is 8.46. The van der Waals surface area contributed by atoms with E-state index in [0.717, 1.165) is 6.42 Å². The highest BCUT2D eigenvalue weighted by atomic mass is 16.5. The lowest BCUT2D eigenvalue weighted by Crippen LogP contribution is -2.44. The Morgan fingerprint density at radius 2 is 1.89 bits per heavy atom. The summed E-state index contributed by atoms with van der Waals surface area (Å²) in [5, 5.41) is 3.24. The lowest BCUT2D eigenvalue weighted by molar-refractivity contribution is -0.148. The number of carbonyl (C=O) groups excluding carboxylic acids is 1. The van der Waals surface area contributed by atoms with Gasteiger partial charge in [-0.05, 0) is 18.9 Å². The third-order valence-corrected chi connectivity index (χ3v) is 3.24. The zero-order valence-corrected chi connectivity index (χ0v) is 12.7. The summed E-state index contributed by atoms with van der Waals surface area (Å²) < 4.78 is 10.6. The summed E-state index contributed by atoms with van der Waals surface area (Å²) >= 11 is 0. The maximum Gasteiger partial charge on any atom is 0.308 e. The first-order valence-electron chi connectivity index (χ1n) is 6.81. The van der Waals surface area contributed by atoms with Crippen molar-refractivity contribution in [3.8, 4) is 0 Å². The van der Waals surface area contributed by atoms with Crippen molar-refractivity contribution in [1.82, 2.24) is 5.32 Å². The van der Waals surface area contributed by atoms with Gasteiger partial charge in [-0.25, -0.2) is 0 Å². The summed E-state index contributed by atoms with van der Waals surface area (Å²) in [6.07, 6.45) is 1.22. The van der Waals surface area contributed by atoms with Gasteiger partial charge in [-0.2, -0.15) is 0 Å². The predicted octanol–water partition coefficient (Wildman–Crippen LogP) is 2.22. The third kappa shape index (κ3) is 6.36. The molecule has 3 unspecified atom stereocenters. The van der Waals surface area contributed by atoms with Crippen LogP contribution in [0.2, 0.25) is 0 Å². The number of ether oxygens (including phenoxy) is 2. The molecule has 0 amide bonds. The number of rotatable bonds is 9. The quantitative estimate of drug-likeness (QED) is 0.645. The molecule has 0 bridgehead atoms. The van der Waals surface area contributed by atoms with Gasteiger partial charge in [0.1, 0.15) is 0 Å². The first kappa shape index (κ1) is 17.4. The number of likely N-dealkylation sites (N-methyl/N-ethyl adjacent to an activating group) is 1. The third-order valence-electron chi connectivity index (χ3n) is 3.24. The number of carbonyl (C=O) groups is 1. The van der Waals surface area contributed by atoms with Crippen LogP contribution in [0.4, 0.5) is 0 Å². The molecule has 0 rings (SSSR count). The van der Waals surface area contributed by atoms with Gasteiger partial charge >= 0.3 is 5.97 Å². The van der Waals surface area contributed by atoms with Crippen molar-refractivity contribution in [2.75, 3.05) is 20.8 Å². The fourth-order valence-electron chi connectivity index (χ4n) is 1.93. The molecule has 0 heterocycles. The second kappa shape index (κ2) is 9.34. The smallest absolute Gasteiger partial charge is 0.308 e. The monoisotopic (exact) mass is 259 g/mol. The summed E-state index contributed by atoms with van der Waals surface area (Å²) in [4.78, 5) is 11.7. The topological polar surface area (TPSA) is 47.6 Å². The Morgan fingerprint density at radius 3 is 2.28 bits per heavy atom. The minimum atomic E-state index is -0.181. The predicted molar refractivity (Wildman–Crippen MR) is 73.5 cm³/mol. The fourth-order valence-corrected chi connectivity index (χ4v) is 1.93. The van der Waals surface area contributed by atoms with E-state index in [4.69, 9.17) is 9.47 Å². The van der Waals surface area contributed by atoms with E-state index in [1.165, 1.54) is 0 Å². The van der Waals surface area contributed by atoms with Crippen molar-refractivity contribution >= 4 is 5.97 Å². The second-order valence-corrected chi connectivity index (χ2v) is 5.26. The van der Waals surface area contributed by atoms with Gasteiger partial charge in [0.05, 0.1) is 19.1 Å². The molecule has 0 aromatic rings. The molecule has 0 radical (unpaired) electrons. The van der Waals surface area contributed by atoms with E-state index in [1.54, 1.807) is 7.11 Å². The number of hydrogen-bond acceptors (Lipinski definition) is 4. The Labute approximate surface area is 111 Å². The summed E-state index contributed by atoms with van der Waals surface area (Å²) in [7, 11) is 3.55. The largest absolute Gasteiger partial charge is 0.465 e. The molecule has 0 aliphatic carbocycles. The normalized spacial score (nSPS) is 16.4. The van der Waals surface area contributed by atoms with Crippen molar-refractivity contribution in [2.24, 2.45) is 11.8 Å². The van der Waals surface area contributed by atoms with Crippen LogP contribution in [0.5, 0.6) is 0 Å². The Balaban J connectivity index is 4.34. The average Bonchev–Trinajstić information content (AvgIpc) is 2.35.